The molecule has 1 fully saturated rings. The summed E-state index contributed by atoms with van der Waals surface area (Å²) in [6.45, 7) is 3.47. The van der Waals surface area contributed by atoms with Crippen LogP contribution in [0.15, 0.2) is 18.3 Å². The SMILES string of the molecule is C[C@H]1CN(c2nnc(-c3ccc(Cl)nc3)n2C)CCN1S(C)(=O)=O. The highest BCUT2D eigenvalue weighted by atomic mass is 35.5. The molecule has 2 aromatic heterocycles. The molecule has 0 bridgehead atoms. The third kappa shape index (κ3) is 3.24. The summed E-state index contributed by atoms with van der Waals surface area (Å²) in [5.41, 5.74) is 0.823. The summed E-state index contributed by atoms with van der Waals surface area (Å²) in [5.74, 6) is 1.40. The number of piperazine rings is 1. The molecule has 1 saturated heterocycles. The minimum Gasteiger partial charge on any atom is -0.338 e. The number of aromatic nitrogens is 4. The van der Waals surface area contributed by atoms with Gasteiger partial charge in [-0.2, -0.15) is 4.31 Å². The molecule has 1 aliphatic rings. The minimum absolute atomic E-state index is 0.119. The van der Waals surface area contributed by atoms with Crippen LogP contribution in [0, 0.1) is 0 Å². The van der Waals surface area contributed by atoms with Crippen molar-refractivity contribution in [3.05, 3.63) is 23.5 Å². The minimum atomic E-state index is -3.19. The van der Waals surface area contributed by atoms with Crippen molar-refractivity contribution in [3.63, 3.8) is 0 Å². The fraction of sp³-hybridized carbons (Fsp3) is 0.500. The number of sulfonamides is 1. The number of halogens is 1. The van der Waals surface area contributed by atoms with Crippen molar-refractivity contribution in [2.45, 2.75) is 13.0 Å². The molecule has 10 heteroatoms. The lowest BCUT2D eigenvalue weighted by molar-refractivity contribution is 0.306. The van der Waals surface area contributed by atoms with Crippen molar-refractivity contribution in [2.24, 2.45) is 7.05 Å². The lowest BCUT2D eigenvalue weighted by atomic mass is 10.2. The molecule has 0 spiro atoms. The van der Waals surface area contributed by atoms with Gasteiger partial charge in [0.1, 0.15) is 5.15 Å². The fourth-order valence-electron chi connectivity index (χ4n) is 2.97. The van der Waals surface area contributed by atoms with Crippen LogP contribution in [-0.4, -0.2) is 64.4 Å². The Balaban J connectivity index is 1.83. The van der Waals surface area contributed by atoms with E-state index in [0.29, 0.717) is 36.6 Å². The standard InChI is InChI=1S/C14H19ClN6O2S/c1-10-9-20(6-7-21(10)24(3,22)23)14-18-17-13(19(14)2)11-4-5-12(15)16-8-11/h4-5,8,10H,6-7,9H2,1-3H3/t10-/m0/s1. The van der Waals surface area contributed by atoms with E-state index < -0.39 is 10.0 Å². The first kappa shape index (κ1) is 17.1. The molecule has 0 aliphatic carbocycles. The topological polar surface area (TPSA) is 84.2 Å². The Morgan fingerprint density at radius 1 is 1.25 bits per heavy atom. The highest BCUT2D eigenvalue weighted by Crippen LogP contribution is 2.24. The van der Waals surface area contributed by atoms with E-state index in [-0.39, 0.29) is 6.04 Å². The number of anilines is 1. The summed E-state index contributed by atoms with van der Waals surface area (Å²) in [6, 6.07) is 3.43. The quantitative estimate of drug-likeness (QED) is 0.749. The van der Waals surface area contributed by atoms with Gasteiger partial charge in [0.15, 0.2) is 5.82 Å². The van der Waals surface area contributed by atoms with Crippen molar-refractivity contribution in [1.82, 2.24) is 24.1 Å². The van der Waals surface area contributed by atoms with Gasteiger partial charge in [-0.1, -0.05) is 11.6 Å². The van der Waals surface area contributed by atoms with E-state index in [9.17, 15) is 8.42 Å². The molecule has 0 unspecified atom stereocenters. The van der Waals surface area contributed by atoms with Crippen molar-refractivity contribution < 1.29 is 8.42 Å². The summed E-state index contributed by atoms with van der Waals surface area (Å²) < 4.78 is 27.0. The maximum absolute atomic E-state index is 11.8. The maximum Gasteiger partial charge on any atom is 0.227 e. The second-order valence-electron chi connectivity index (χ2n) is 5.92. The van der Waals surface area contributed by atoms with Crippen LogP contribution in [0.5, 0.6) is 0 Å². The number of rotatable bonds is 3. The monoisotopic (exact) mass is 370 g/mol. The molecule has 0 N–H and O–H groups in total. The number of hydrogen-bond donors (Lipinski definition) is 0. The smallest absolute Gasteiger partial charge is 0.227 e. The largest absolute Gasteiger partial charge is 0.338 e. The lowest BCUT2D eigenvalue weighted by Crippen LogP contribution is -2.54. The van der Waals surface area contributed by atoms with Gasteiger partial charge in [0.25, 0.3) is 0 Å². The molecular formula is C14H19ClN6O2S. The van der Waals surface area contributed by atoms with Crippen molar-refractivity contribution in [1.29, 1.82) is 0 Å². The number of pyridine rings is 1. The Morgan fingerprint density at radius 2 is 2.00 bits per heavy atom. The Bertz CT molecular complexity index is 835. The molecule has 24 heavy (non-hydrogen) atoms. The molecule has 130 valence electrons. The van der Waals surface area contributed by atoms with E-state index in [0.717, 1.165) is 5.56 Å². The molecule has 0 aromatic carbocycles. The van der Waals surface area contributed by atoms with E-state index in [1.807, 2.05) is 29.5 Å². The first-order valence-corrected chi connectivity index (χ1v) is 9.73. The van der Waals surface area contributed by atoms with Crippen LogP contribution in [0.4, 0.5) is 5.95 Å². The molecule has 0 amide bonds. The fourth-order valence-corrected chi connectivity index (χ4v) is 4.22. The Kier molecular flexibility index (Phi) is 4.50. The molecule has 1 aliphatic heterocycles. The van der Waals surface area contributed by atoms with Gasteiger partial charge in [0.2, 0.25) is 16.0 Å². The molecule has 8 nitrogen and oxygen atoms in total. The zero-order valence-electron chi connectivity index (χ0n) is 13.7. The molecule has 1 atom stereocenters. The van der Waals surface area contributed by atoms with Crippen molar-refractivity contribution >= 4 is 27.6 Å². The molecule has 3 heterocycles. The van der Waals surface area contributed by atoms with Gasteiger partial charge in [-0.25, -0.2) is 13.4 Å². The summed E-state index contributed by atoms with van der Waals surface area (Å²) in [7, 11) is -1.31. The average molecular weight is 371 g/mol. The van der Waals surface area contributed by atoms with Gasteiger partial charge in [-0.05, 0) is 19.1 Å². The number of nitrogens with zero attached hydrogens (tertiary/aromatic N) is 6. The predicted molar refractivity (Wildman–Crippen MR) is 92.5 cm³/mol. The Labute approximate surface area is 146 Å². The van der Waals surface area contributed by atoms with E-state index in [1.165, 1.54) is 10.6 Å². The normalized spacial score (nSPS) is 19.7. The third-order valence-electron chi connectivity index (χ3n) is 4.11. The first-order chi connectivity index (χ1) is 11.3. The van der Waals surface area contributed by atoms with Gasteiger partial charge < -0.3 is 4.90 Å². The maximum atomic E-state index is 11.8. The zero-order valence-corrected chi connectivity index (χ0v) is 15.3. The predicted octanol–water partition coefficient (Wildman–Crippen LogP) is 1.00. The average Bonchev–Trinajstić information content (AvgIpc) is 2.88. The van der Waals surface area contributed by atoms with Crippen molar-refractivity contribution in [2.75, 3.05) is 30.8 Å². The second-order valence-corrected chi connectivity index (χ2v) is 8.24. The highest BCUT2D eigenvalue weighted by molar-refractivity contribution is 7.88. The van der Waals surface area contributed by atoms with Crippen LogP contribution in [0.1, 0.15) is 6.92 Å². The van der Waals surface area contributed by atoms with Gasteiger partial charge >= 0.3 is 0 Å². The Morgan fingerprint density at radius 3 is 2.58 bits per heavy atom. The summed E-state index contributed by atoms with van der Waals surface area (Å²) in [5, 5.41) is 8.93. The van der Waals surface area contributed by atoms with Crippen molar-refractivity contribution in [3.8, 4) is 11.4 Å². The summed E-state index contributed by atoms with van der Waals surface area (Å²) >= 11 is 5.82. The van der Waals surface area contributed by atoms with E-state index in [1.54, 1.807) is 12.3 Å². The molecule has 2 aromatic rings. The van der Waals surface area contributed by atoms with Gasteiger partial charge in [0.05, 0.1) is 6.26 Å². The first-order valence-electron chi connectivity index (χ1n) is 7.50. The number of hydrogen-bond acceptors (Lipinski definition) is 6. The third-order valence-corrected chi connectivity index (χ3v) is 5.73. The van der Waals surface area contributed by atoms with E-state index in [4.69, 9.17) is 11.6 Å². The zero-order chi connectivity index (χ0) is 17.5. The molecule has 3 rings (SSSR count). The van der Waals surface area contributed by atoms with Gasteiger partial charge in [0, 0.05) is 44.5 Å². The van der Waals surface area contributed by atoms with Crippen LogP contribution in [-0.2, 0) is 17.1 Å². The Hall–Kier alpha value is -1.71. The lowest BCUT2D eigenvalue weighted by Gasteiger charge is -2.38. The van der Waals surface area contributed by atoms with Gasteiger partial charge in [-0.3, -0.25) is 4.57 Å². The van der Waals surface area contributed by atoms with Crippen LogP contribution in [0.2, 0.25) is 5.15 Å². The van der Waals surface area contributed by atoms with Crippen LogP contribution in [0.3, 0.4) is 0 Å². The van der Waals surface area contributed by atoms with Crippen LogP contribution < -0.4 is 4.90 Å². The highest BCUT2D eigenvalue weighted by Gasteiger charge is 2.31. The van der Waals surface area contributed by atoms with E-state index >= 15 is 0 Å². The molecule has 0 radical (unpaired) electrons. The molecule has 0 saturated carbocycles. The van der Waals surface area contributed by atoms with Crippen LogP contribution in [0.25, 0.3) is 11.4 Å². The summed E-state index contributed by atoms with van der Waals surface area (Å²) in [4.78, 5) is 6.11. The summed E-state index contributed by atoms with van der Waals surface area (Å²) in [6.07, 6.45) is 2.90. The second kappa shape index (κ2) is 6.30. The molecular weight excluding hydrogens is 352 g/mol. The van der Waals surface area contributed by atoms with Crippen LogP contribution >= 0.6 is 11.6 Å². The van der Waals surface area contributed by atoms with Gasteiger partial charge in [-0.15, -0.1) is 10.2 Å². The van der Waals surface area contributed by atoms with E-state index in [2.05, 4.69) is 15.2 Å².